The number of anilines is 1. The van der Waals surface area contributed by atoms with E-state index < -0.39 is 0 Å². The molecule has 4 nitrogen and oxygen atoms in total. The Morgan fingerprint density at radius 3 is 2.21 bits per heavy atom. The molecule has 7 heteroatoms. The molecule has 0 radical (unpaired) electrons. The molecule has 2 aromatic rings. The van der Waals surface area contributed by atoms with Gasteiger partial charge in [0.25, 0.3) is 0 Å². The van der Waals surface area contributed by atoms with E-state index in [2.05, 4.69) is 27.2 Å². The van der Waals surface area contributed by atoms with Crippen molar-refractivity contribution >= 4 is 58.4 Å². The first kappa shape index (κ1) is 15.5. The van der Waals surface area contributed by atoms with E-state index in [9.17, 15) is 0 Å². The number of nitrogens with two attached hydrogens (primary N) is 1. The Balaban J connectivity index is 0.000000200. The molecule has 98 valence electrons. The van der Waals surface area contributed by atoms with Gasteiger partial charge in [0, 0.05) is 35.7 Å². The van der Waals surface area contributed by atoms with Crippen molar-refractivity contribution in [2.75, 3.05) is 5.73 Å². The Labute approximate surface area is 126 Å². The summed E-state index contributed by atoms with van der Waals surface area (Å²) in [4.78, 5) is 11.5. The molecular weight excluding hydrogens is 303 g/mol. The van der Waals surface area contributed by atoms with E-state index >= 15 is 0 Å². The number of thiocarbonyl (C=S) groups is 1. The minimum Gasteiger partial charge on any atom is -0.399 e. The monoisotopic (exact) mass is 312 g/mol. The van der Waals surface area contributed by atoms with Crippen molar-refractivity contribution in [3.05, 3.63) is 47.0 Å². The second-order valence-electron chi connectivity index (χ2n) is 3.16. The van der Waals surface area contributed by atoms with E-state index in [-0.39, 0.29) is 0 Å². The zero-order chi connectivity index (χ0) is 14.1. The van der Waals surface area contributed by atoms with E-state index in [1.165, 1.54) is 11.6 Å². The maximum Gasteiger partial charge on any atom is 0.131 e. The van der Waals surface area contributed by atoms with Crippen LogP contribution in [-0.4, -0.2) is 21.6 Å². The minimum absolute atomic E-state index is 0.434. The van der Waals surface area contributed by atoms with Crippen LogP contribution in [0.25, 0.3) is 0 Å². The van der Waals surface area contributed by atoms with Crippen LogP contribution in [0, 0.1) is 0 Å². The average Bonchev–Trinajstić information content (AvgIpc) is 2.37. The van der Waals surface area contributed by atoms with Crippen molar-refractivity contribution in [1.82, 2.24) is 9.97 Å². The van der Waals surface area contributed by atoms with Crippen LogP contribution in [0.2, 0.25) is 10.3 Å². The first-order valence-electron chi connectivity index (χ1n) is 5.08. The largest absolute Gasteiger partial charge is 0.399 e. The fourth-order valence-electron chi connectivity index (χ4n) is 1.01. The summed E-state index contributed by atoms with van der Waals surface area (Å²) < 4.78 is 0. The van der Waals surface area contributed by atoms with Crippen LogP contribution in [0.4, 0.5) is 11.4 Å². The number of aromatic nitrogens is 2. The van der Waals surface area contributed by atoms with Crippen molar-refractivity contribution in [2.24, 2.45) is 4.99 Å². The van der Waals surface area contributed by atoms with Crippen LogP contribution >= 0.6 is 35.4 Å². The molecule has 2 aromatic heterocycles. The van der Waals surface area contributed by atoms with Crippen molar-refractivity contribution in [3.63, 3.8) is 0 Å². The third-order valence-electron chi connectivity index (χ3n) is 1.75. The number of hydrogen-bond acceptors (Lipinski definition) is 5. The summed E-state index contributed by atoms with van der Waals surface area (Å²) in [5.41, 5.74) is 6.73. The van der Waals surface area contributed by atoms with Crippen LogP contribution in [0.5, 0.6) is 0 Å². The van der Waals surface area contributed by atoms with Gasteiger partial charge in [-0.05, 0) is 18.2 Å². The minimum atomic E-state index is 0.434. The SMILES string of the molecule is Nc1ccnc(Cl)c1.S=CC=Nc1ccnc(Cl)c1. The van der Waals surface area contributed by atoms with Crippen LogP contribution in [0.3, 0.4) is 0 Å². The Bertz CT molecular complexity index is 558. The summed E-state index contributed by atoms with van der Waals surface area (Å²) in [6, 6.07) is 6.70. The highest BCUT2D eigenvalue weighted by Crippen LogP contribution is 2.14. The Morgan fingerprint density at radius 1 is 1.11 bits per heavy atom. The van der Waals surface area contributed by atoms with E-state index in [0.717, 1.165) is 5.69 Å². The zero-order valence-corrected chi connectivity index (χ0v) is 12.0. The van der Waals surface area contributed by atoms with Gasteiger partial charge in [-0.1, -0.05) is 35.4 Å². The van der Waals surface area contributed by atoms with Gasteiger partial charge in [-0.2, -0.15) is 0 Å². The fourth-order valence-corrected chi connectivity index (χ4v) is 1.42. The first-order chi connectivity index (χ1) is 9.11. The van der Waals surface area contributed by atoms with Crippen molar-refractivity contribution < 1.29 is 0 Å². The maximum atomic E-state index is 5.60. The molecule has 0 saturated heterocycles. The number of nitrogens with zero attached hydrogens (tertiary/aromatic N) is 3. The average molecular weight is 313 g/mol. The van der Waals surface area contributed by atoms with Crippen molar-refractivity contribution in [1.29, 1.82) is 0 Å². The van der Waals surface area contributed by atoms with Crippen molar-refractivity contribution in [3.8, 4) is 0 Å². The summed E-state index contributed by atoms with van der Waals surface area (Å²) in [7, 11) is 0. The molecule has 2 heterocycles. The predicted octanol–water partition coefficient (Wildman–Crippen LogP) is 3.75. The van der Waals surface area contributed by atoms with E-state index in [0.29, 0.717) is 16.0 Å². The topological polar surface area (TPSA) is 64.2 Å². The molecule has 0 saturated carbocycles. The Hall–Kier alpha value is -1.56. The Morgan fingerprint density at radius 2 is 1.74 bits per heavy atom. The molecule has 2 rings (SSSR count). The smallest absolute Gasteiger partial charge is 0.131 e. The molecule has 0 unspecified atom stereocenters. The van der Waals surface area contributed by atoms with E-state index in [1.807, 2.05) is 0 Å². The molecule has 19 heavy (non-hydrogen) atoms. The van der Waals surface area contributed by atoms with Gasteiger partial charge in [-0.15, -0.1) is 0 Å². The molecule has 0 aliphatic heterocycles. The van der Waals surface area contributed by atoms with Gasteiger partial charge in [0.15, 0.2) is 0 Å². The lowest BCUT2D eigenvalue weighted by Gasteiger charge is -1.90. The second kappa shape index (κ2) is 8.53. The van der Waals surface area contributed by atoms with Gasteiger partial charge < -0.3 is 5.73 Å². The predicted molar refractivity (Wildman–Crippen MR) is 84.7 cm³/mol. The number of rotatable bonds is 2. The first-order valence-corrected chi connectivity index (χ1v) is 6.31. The second-order valence-corrected chi connectivity index (χ2v) is 4.21. The summed E-state index contributed by atoms with van der Waals surface area (Å²) in [5, 5.41) is 2.31. The normalized spacial score (nSPS) is 9.79. The molecule has 0 spiro atoms. The number of halogens is 2. The van der Waals surface area contributed by atoms with Crippen molar-refractivity contribution in [2.45, 2.75) is 0 Å². The van der Waals surface area contributed by atoms with Crippen LogP contribution in [-0.2, 0) is 0 Å². The van der Waals surface area contributed by atoms with E-state index in [4.69, 9.17) is 28.9 Å². The zero-order valence-electron chi connectivity index (χ0n) is 9.70. The third-order valence-corrected chi connectivity index (χ3v) is 2.28. The van der Waals surface area contributed by atoms with Gasteiger partial charge >= 0.3 is 0 Å². The molecular formula is C12H10Cl2N4S. The standard InChI is InChI=1S/C7H5ClN2S.C5H5ClN2/c8-7-5-6(1-2-10-7)9-3-4-11;6-5-3-4(7)1-2-8-5/h1-5H;1-3H,(H2,7,8). The number of pyridine rings is 2. The number of hydrogen-bond donors (Lipinski definition) is 1. The van der Waals surface area contributed by atoms with E-state index in [1.54, 1.807) is 36.7 Å². The fraction of sp³-hybridized carbons (Fsp3) is 0. The quantitative estimate of drug-likeness (QED) is 0.521. The van der Waals surface area contributed by atoms with Gasteiger partial charge in [0.1, 0.15) is 10.3 Å². The molecule has 0 bridgehead atoms. The van der Waals surface area contributed by atoms with Gasteiger partial charge in [0.2, 0.25) is 0 Å². The van der Waals surface area contributed by atoms with Crippen LogP contribution in [0.15, 0.2) is 41.7 Å². The lowest BCUT2D eigenvalue weighted by Crippen LogP contribution is -1.83. The lowest BCUT2D eigenvalue weighted by atomic mass is 10.4. The van der Waals surface area contributed by atoms with Gasteiger partial charge in [-0.25, -0.2) is 9.97 Å². The highest BCUT2D eigenvalue weighted by atomic mass is 35.5. The maximum absolute atomic E-state index is 5.60. The molecule has 0 aromatic carbocycles. The summed E-state index contributed by atoms with van der Waals surface area (Å²) in [5.74, 6) is 0. The molecule has 0 atom stereocenters. The lowest BCUT2D eigenvalue weighted by molar-refractivity contribution is 1.32. The molecule has 0 aliphatic rings. The third kappa shape index (κ3) is 6.81. The summed E-state index contributed by atoms with van der Waals surface area (Å²) in [6.45, 7) is 0. The highest BCUT2D eigenvalue weighted by molar-refractivity contribution is 7.80. The van der Waals surface area contributed by atoms with Crippen LogP contribution in [0.1, 0.15) is 0 Å². The number of nitrogen functional groups attached to an aromatic ring is 1. The highest BCUT2D eigenvalue weighted by Gasteiger charge is 1.89. The molecule has 2 N–H and O–H groups in total. The summed E-state index contributed by atoms with van der Waals surface area (Å²) in [6.07, 6.45) is 4.69. The molecule has 0 amide bonds. The summed E-state index contributed by atoms with van der Waals surface area (Å²) >= 11 is 15.6. The molecule has 0 aliphatic carbocycles. The molecule has 0 fully saturated rings. The Kier molecular flexibility index (Phi) is 6.95. The number of aliphatic imine (C=N–C) groups is 1. The van der Waals surface area contributed by atoms with Gasteiger partial charge in [0.05, 0.1) is 5.69 Å². The van der Waals surface area contributed by atoms with Crippen LogP contribution < -0.4 is 5.73 Å². The van der Waals surface area contributed by atoms with Gasteiger partial charge in [-0.3, -0.25) is 4.99 Å².